The number of carbonyl (C=O) groups excluding carboxylic acids is 1. The second-order valence-corrected chi connectivity index (χ2v) is 6.16. The van der Waals surface area contributed by atoms with Crippen LogP contribution in [0.4, 0.5) is 5.69 Å². The molecule has 1 aromatic rings. The van der Waals surface area contributed by atoms with Crippen LogP contribution in [0.25, 0.3) is 0 Å². The molecule has 1 aliphatic carbocycles. The Morgan fingerprint density at radius 3 is 2.63 bits per heavy atom. The molecule has 104 valence electrons. The van der Waals surface area contributed by atoms with Gasteiger partial charge in [-0.2, -0.15) is 0 Å². The van der Waals surface area contributed by atoms with Crippen LogP contribution in [0, 0.1) is 5.41 Å². The minimum Gasteiger partial charge on any atom is -0.465 e. The monoisotopic (exact) mass is 261 g/mol. The molecule has 0 aliphatic heterocycles. The third-order valence-electron chi connectivity index (χ3n) is 3.99. The fourth-order valence-electron chi connectivity index (χ4n) is 2.63. The second kappa shape index (κ2) is 5.64. The predicted octanol–water partition coefficient (Wildman–Crippen LogP) is 3.85. The maximum atomic E-state index is 11.5. The molecule has 1 aliphatic rings. The number of carbonyl (C=O) groups is 1. The molecule has 19 heavy (non-hydrogen) atoms. The van der Waals surface area contributed by atoms with Crippen molar-refractivity contribution >= 4 is 11.7 Å². The summed E-state index contributed by atoms with van der Waals surface area (Å²) >= 11 is 0. The van der Waals surface area contributed by atoms with Crippen molar-refractivity contribution in [1.82, 2.24) is 0 Å². The summed E-state index contributed by atoms with van der Waals surface area (Å²) in [7, 11) is 1.41. The quantitative estimate of drug-likeness (QED) is 0.840. The van der Waals surface area contributed by atoms with Crippen LogP contribution in [-0.4, -0.2) is 19.1 Å². The van der Waals surface area contributed by atoms with E-state index in [2.05, 4.69) is 19.2 Å². The highest BCUT2D eigenvalue weighted by Gasteiger charge is 2.26. The third-order valence-corrected chi connectivity index (χ3v) is 3.99. The predicted molar refractivity (Wildman–Crippen MR) is 77.4 cm³/mol. The smallest absolute Gasteiger partial charge is 0.337 e. The molecule has 2 rings (SSSR count). The molecule has 0 radical (unpaired) electrons. The standard InChI is InChI=1S/C16H23NO2/c1-16(2)9-7-13(8-10-16)17-14-6-4-5-12(11-14)15(18)19-3/h4-6,11,13,17H,7-10H2,1-3H3. The van der Waals surface area contributed by atoms with Gasteiger partial charge in [0.05, 0.1) is 12.7 Å². The number of anilines is 1. The van der Waals surface area contributed by atoms with Crippen LogP contribution in [0.3, 0.4) is 0 Å². The molecule has 0 spiro atoms. The Kier molecular flexibility index (Phi) is 4.13. The van der Waals surface area contributed by atoms with Gasteiger partial charge in [0, 0.05) is 11.7 Å². The number of nitrogens with one attached hydrogen (secondary N) is 1. The van der Waals surface area contributed by atoms with Crippen molar-refractivity contribution < 1.29 is 9.53 Å². The van der Waals surface area contributed by atoms with E-state index in [-0.39, 0.29) is 5.97 Å². The molecule has 0 unspecified atom stereocenters. The van der Waals surface area contributed by atoms with Gasteiger partial charge in [-0.1, -0.05) is 19.9 Å². The molecule has 0 amide bonds. The number of hydrogen-bond acceptors (Lipinski definition) is 3. The first-order valence-electron chi connectivity index (χ1n) is 6.95. The lowest BCUT2D eigenvalue weighted by atomic mass is 9.75. The molecular weight excluding hydrogens is 238 g/mol. The Morgan fingerprint density at radius 1 is 1.32 bits per heavy atom. The number of hydrogen-bond donors (Lipinski definition) is 1. The largest absolute Gasteiger partial charge is 0.465 e. The van der Waals surface area contributed by atoms with Crippen molar-refractivity contribution in [1.29, 1.82) is 0 Å². The zero-order valence-corrected chi connectivity index (χ0v) is 12.0. The van der Waals surface area contributed by atoms with Crippen LogP contribution >= 0.6 is 0 Å². The fraction of sp³-hybridized carbons (Fsp3) is 0.562. The second-order valence-electron chi connectivity index (χ2n) is 6.16. The maximum Gasteiger partial charge on any atom is 0.337 e. The third kappa shape index (κ3) is 3.72. The van der Waals surface area contributed by atoms with Crippen molar-refractivity contribution in [3.63, 3.8) is 0 Å². The molecule has 0 aromatic heterocycles. The van der Waals surface area contributed by atoms with E-state index in [1.807, 2.05) is 18.2 Å². The van der Waals surface area contributed by atoms with Gasteiger partial charge < -0.3 is 10.1 Å². The Bertz CT molecular complexity index is 444. The average molecular weight is 261 g/mol. The van der Waals surface area contributed by atoms with Crippen molar-refractivity contribution in [2.45, 2.75) is 45.6 Å². The van der Waals surface area contributed by atoms with Crippen LogP contribution in [0.1, 0.15) is 49.9 Å². The first-order chi connectivity index (χ1) is 9.00. The SMILES string of the molecule is COC(=O)c1cccc(NC2CCC(C)(C)CC2)c1. The normalized spacial score (nSPS) is 18.9. The zero-order chi connectivity index (χ0) is 13.9. The summed E-state index contributed by atoms with van der Waals surface area (Å²) in [6.07, 6.45) is 4.88. The van der Waals surface area contributed by atoms with Crippen LogP contribution in [0.15, 0.2) is 24.3 Å². The van der Waals surface area contributed by atoms with E-state index in [0.717, 1.165) is 5.69 Å². The highest BCUT2D eigenvalue weighted by Crippen LogP contribution is 2.36. The van der Waals surface area contributed by atoms with Crippen LogP contribution in [0.5, 0.6) is 0 Å². The lowest BCUT2D eigenvalue weighted by Crippen LogP contribution is -2.29. The topological polar surface area (TPSA) is 38.3 Å². The molecule has 1 aromatic carbocycles. The molecule has 0 atom stereocenters. The summed E-state index contributed by atoms with van der Waals surface area (Å²) in [4.78, 5) is 11.5. The molecule has 0 heterocycles. The van der Waals surface area contributed by atoms with Gasteiger partial charge in [0.15, 0.2) is 0 Å². The average Bonchev–Trinajstić information content (AvgIpc) is 2.41. The summed E-state index contributed by atoms with van der Waals surface area (Å²) in [6.45, 7) is 4.67. The van der Waals surface area contributed by atoms with Gasteiger partial charge in [0.1, 0.15) is 0 Å². The van der Waals surface area contributed by atoms with E-state index in [4.69, 9.17) is 4.74 Å². The van der Waals surface area contributed by atoms with Crippen molar-refractivity contribution in [3.8, 4) is 0 Å². The Balaban J connectivity index is 1.98. The molecule has 1 saturated carbocycles. The van der Waals surface area contributed by atoms with Gasteiger partial charge in [-0.15, -0.1) is 0 Å². The van der Waals surface area contributed by atoms with Crippen LogP contribution in [-0.2, 0) is 4.74 Å². The molecular formula is C16H23NO2. The van der Waals surface area contributed by atoms with Crippen molar-refractivity contribution in [2.24, 2.45) is 5.41 Å². The summed E-state index contributed by atoms with van der Waals surface area (Å²) in [5.74, 6) is -0.284. The minimum absolute atomic E-state index is 0.284. The van der Waals surface area contributed by atoms with Gasteiger partial charge in [-0.25, -0.2) is 4.79 Å². The molecule has 1 fully saturated rings. The molecule has 3 heteroatoms. The number of esters is 1. The number of ether oxygens (including phenoxy) is 1. The zero-order valence-electron chi connectivity index (χ0n) is 12.0. The van der Waals surface area contributed by atoms with E-state index in [9.17, 15) is 4.79 Å². The van der Waals surface area contributed by atoms with E-state index in [1.165, 1.54) is 32.8 Å². The highest BCUT2D eigenvalue weighted by atomic mass is 16.5. The summed E-state index contributed by atoms with van der Waals surface area (Å²) in [5.41, 5.74) is 2.09. The summed E-state index contributed by atoms with van der Waals surface area (Å²) < 4.78 is 4.74. The van der Waals surface area contributed by atoms with Crippen LogP contribution < -0.4 is 5.32 Å². The summed E-state index contributed by atoms with van der Waals surface area (Å²) in [5, 5.41) is 3.53. The molecule has 1 N–H and O–H groups in total. The number of methoxy groups -OCH3 is 1. The molecule has 0 saturated heterocycles. The fourth-order valence-corrected chi connectivity index (χ4v) is 2.63. The van der Waals surface area contributed by atoms with Crippen LogP contribution in [0.2, 0.25) is 0 Å². The van der Waals surface area contributed by atoms with Gasteiger partial charge in [0.25, 0.3) is 0 Å². The van der Waals surface area contributed by atoms with Crippen molar-refractivity contribution in [2.75, 3.05) is 12.4 Å². The lowest BCUT2D eigenvalue weighted by molar-refractivity contribution is 0.0601. The summed E-state index contributed by atoms with van der Waals surface area (Å²) in [6, 6.07) is 8.06. The van der Waals surface area contributed by atoms with Crippen molar-refractivity contribution in [3.05, 3.63) is 29.8 Å². The molecule has 0 bridgehead atoms. The van der Waals surface area contributed by atoms with E-state index >= 15 is 0 Å². The number of benzene rings is 1. The minimum atomic E-state index is -0.284. The Labute approximate surface area is 115 Å². The van der Waals surface area contributed by atoms with E-state index in [1.54, 1.807) is 6.07 Å². The highest BCUT2D eigenvalue weighted by molar-refractivity contribution is 5.90. The lowest BCUT2D eigenvalue weighted by Gasteiger charge is -2.35. The van der Waals surface area contributed by atoms with Gasteiger partial charge in [-0.3, -0.25) is 0 Å². The maximum absolute atomic E-state index is 11.5. The Morgan fingerprint density at radius 2 is 2.00 bits per heavy atom. The van der Waals surface area contributed by atoms with E-state index in [0.29, 0.717) is 17.0 Å². The molecule has 3 nitrogen and oxygen atoms in total. The first-order valence-corrected chi connectivity index (χ1v) is 6.95. The first kappa shape index (κ1) is 13.9. The van der Waals surface area contributed by atoms with Gasteiger partial charge >= 0.3 is 5.97 Å². The Hall–Kier alpha value is -1.51. The van der Waals surface area contributed by atoms with E-state index < -0.39 is 0 Å². The van der Waals surface area contributed by atoms with Gasteiger partial charge in [0.2, 0.25) is 0 Å². The number of rotatable bonds is 3. The van der Waals surface area contributed by atoms with Gasteiger partial charge in [-0.05, 0) is 49.3 Å².